The summed E-state index contributed by atoms with van der Waals surface area (Å²) in [6, 6.07) is 5.67. The number of carboxylic acids is 1. The summed E-state index contributed by atoms with van der Waals surface area (Å²) in [4.78, 5) is 15.5. The summed E-state index contributed by atoms with van der Waals surface area (Å²) in [7, 11) is -3.75. The number of carbonyl (C=O) groups excluding carboxylic acids is 1. The number of pyridine rings is 1. The quantitative estimate of drug-likeness (QED) is 0.620. The predicted octanol–water partition coefficient (Wildman–Crippen LogP) is -2.30. The molecule has 0 aromatic carbocycles. The van der Waals surface area contributed by atoms with Gasteiger partial charge in [-0.2, -0.15) is 4.31 Å². The van der Waals surface area contributed by atoms with Gasteiger partial charge in [0.15, 0.2) is 0 Å². The second-order valence-corrected chi connectivity index (χ2v) is 6.23. The van der Waals surface area contributed by atoms with Gasteiger partial charge in [-0.3, -0.25) is 4.90 Å². The van der Waals surface area contributed by atoms with Crippen molar-refractivity contribution in [3.05, 3.63) is 24.4 Å². The van der Waals surface area contributed by atoms with Gasteiger partial charge in [0, 0.05) is 6.07 Å². The maximum absolute atomic E-state index is 11.7. The molecule has 1 aromatic heterocycles. The molecular formula is C11H15N3O4S. The van der Waals surface area contributed by atoms with Crippen LogP contribution >= 0.6 is 0 Å². The van der Waals surface area contributed by atoms with Crippen molar-refractivity contribution in [2.75, 3.05) is 36.8 Å². The molecule has 0 aliphatic carbocycles. The molecule has 104 valence electrons. The Hall–Kier alpha value is -1.67. The van der Waals surface area contributed by atoms with Crippen molar-refractivity contribution in [2.24, 2.45) is 0 Å². The topological polar surface area (TPSA) is 94.9 Å². The van der Waals surface area contributed by atoms with Crippen molar-refractivity contribution < 1.29 is 23.3 Å². The molecule has 1 aliphatic heterocycles. The molecule has 1 fully saturated rings. The lowest BCUT2D eigenvalue weighted by atomic mass is 10.3. The smallest absolute Gasteiger partial charge is 0.274 e. The Morgan fingerprint density at radius 3 is 2.47 bits per heavy atom. The monoisotopic (exact) mass is 285 g/mol. The summed E-state index contributed by atoms with van der Waals surface area (Å²) in [6.45, 7) is 1.59. The molecule has 0 saturated carbocycles. The van der Waals surface area contributed by atoms with E-state index in [4.69, 9.17) is 0 Å². The van der Waals surface area contributed by atoms with E-state index in [0.717, 1.165) is 5.82 Å². The molecule has 0 atom stereocenters. The minimum absolute atomic E-state index is 0.276. The van der Waals surface area contributed by atoms with Gasteiger partial charge in [0.25, 0.3) is 5.82 Å². The second kappa shape index (κ2) is 5.54. The SMILES string of the molecule is O=C([O-])CS(=O)(=O)N1CCN(c2cccc[nH+]2)CC1. The van der Waals surface area contributed by atoms with E-state index in [0.29, 0.717) is 13.1 Å². The van der Waals surface area contributed by atoms with Gasteiger partial charge in [-0.25, -0.2) is 13.4 Å². The highest BCUT2D eigenvalue weighted by Crippen LogP contribution is 2.12. The second-order valence-electron chi connectivity index (χ2n) is 4.26. The number of aromatic amines is 1. The number of aromatic nitrogens is 1. The number of carboxylic acid groups (broad SMARTS) is 1. The number of nitrogens with one attached hydrogen (secondary N) is 1. The number of hydrogen-bond acceptors (Lipinski definition) is 5. The van der Waals surface area contributed by atoms with Crippen LogP contribution in [0.4, 0.5) is 5.82 Å². The maximum atomic E-state index is 11.7. The molecule has 7 nitrogen and oxygen atoms in total. The van der Waals surface area contributed by atoms with Crippen molar-refractivity contribution >= 4 is 21.8 Å². The van der Waals surface area contributed by atoms with E-state index >= 15 is 0 Å². The number of rotatable bonds is 4. The van der Waals surface area contributed by atoms with Gasteiger partial charge in [0.2, 0.25) is 10.0 Å². The molecule has 1 aliphatic rings. The lowest BCUT2D eigenvalue weighted by Crippen LogP contribution is -2.51. The van der Waals surface area contributed by atoms with Crippen LogP contribution in [0.5, 0.6) is 0 Å². The molecule has 8 heteroatoms. The van der Waals surface area contributed by atoms with Gasteiger partial charge >= 0.3 is 0 Å². The zero-order valence-corrected chi connectivity index (χ0v) is 11.1. The van der Waals surface area contributed by atoms with Crippen LogP contribution in [0.25, 0.3) is 0 Å². The van der Waals surface area contributed by atoms with E-state index in [2.05, 4.69) is 4.98 Å². The highest BCUT2D eigenvalue weighted by molar-refractivity contribution is 7.89. The Labute approximate surface area is 111 Å². The molecule has 2 rings (SSSR count). The van der Waals surface area contributed by atoms with E-state index in [1.54, 1.807) is 6.20 Å². The van der Waals surface area contributed by atoms with E-state index in [1.165, 1.54) is 4.31 Å². The number of aliphatic carboxylic acids is 1. The Bertz CT molecular complexity index is 538. The Kier molecular flexibility index (Phi) is 4.01. The van der Waals surface area contributed by atoms with E-state index < -0.39 is 21.7 Å². The Morgan fingerprint density at radius 2 is 1.95 bits per heavy atom. The van der Waals surface area contributed by atoms with Crippen molar-refractivity contribution in [1.29, 1.82) is 0 Å². The third-order valence-electron chi connectivity index (χ3n) is 2.97. The molecular weight excluding hydrogens is 270 g/mol. The molecule has 0 bridgehead atoms. The zero-order chi connectivity index (χ0) is 13.9. The van der Waals surface area contributed by atoms with E-state index in [-0.39, 0.29) is 13.1 Å². The third kappa shape index (κ3) is 3.42. The van der Waals surface area contributed by atoms with Crippen molar-refractivity contribution in [1.82, 2.24) is 4.31 Å². The van der Waals surface area contributed by atoms with Crippen LogP contribution in [-0.4, -0.2) is 50.6 Å². The third-order valence-corrected chi connectivity index (χ3v) is 4.72. The standard InChI is InChI=1S/C11H15N3O4S/c15-11(16)9-19(17,18)14-7-5-13(6-8-14)10-3-1-2-4-12-10/h1-4H,5-9H2,(H,15,16). The molecule has 2 heterocycles. The highest BCUT2D eigenvalue weighted by Gasteiger charge is 2.30. The van der Waals surface area contributed by atoms with E-state index in [1.807, 2.05) is 23.1 Å². The first kappa shape index (κ1) is 13.8. The Balaban J connectivity index is 1.98. The summed E-state index contributed by atoms with van der Waals surface area (Å²) >= 11 is 0. The normalized spacial score (nSPS) is 17.4. The molecule has 0 radical (unpaired) electrons. The number of nitrogens with zero attached hydrogens (tertiary/aromatic N) is 2. The van der Waals surface area contributed by atoms with Crippen LogP contribution in [0.1, 0.15) is 0 Å². The molecule has 0 amide bonds. The van der Waals surface area contributed by atoms with Crippen LogP contribution in [0.2, 0.25) is 0 Å². The summed E-state index contributed by atoms with van der Waals surface area (Å²) < 4.78 is 24.6. The van der Waals surface area contributed by atoms with Gasteiger partial charge < -0.3 is 9.90 Å². The fraction of sp³-hybridized carbons (Fsp3) is 0.455. The number of hydrogen-bond donors (Lipinski definition) is 0. The number of piperazine rings is 1. The molecule has 1 saturated heterocycles. The largest absolute Gasteiger partial charge is 0.549 e. The van der Waals surface area contributed by atoms with Crippen LogP contribution in [-0.2, 0) is 14.8 Å². The fourth-order valence-electron chi connectivity index (χ4n) is 2.03. The van der Waals surface area contributed by atoms with Gasteiger partial charge in [0.05, 0.1) is 38.3 Å². The fourth-order valence-corrected chi connectivity index (χ4v) is 3.23. The van der Waals surface area contributed by atoms with Gasteiger partial charge in [-0.1, -0.05) is 6.07 Å². The van der Waals surface area contributed by atoms with Crippen LogP contribution in [0, 0.1) is 0 Å². The summed E-state index contributed by atoms with van der Waals surface area (Å²) in [5.41, 5.74) is 0. The first-order valence-corrected chi connectivity index (χ1v) is 7.49. The van der Waals surface area contributed by atoms with Crippen LogP contribution in [0.15, 0.2) is 24.4 Å². The summed E-state index contributed by atoms with van der Waals surface area (Å²) in [5.74, 6) is -1.61. The summed E-state index contributed by atoms with van der Waals surface area (Å²) in [6.07, 6.45) is 1.80. The van der Waals surface area contributed by atoms with Crippen LogP contribution < -0.4 is 15.0 Å². The molecule has 0 spiro atoms. The van der Waals surface area contributed by atoms with Gasteiger partial charge in [0.1, 0.15) is 5.75 Å². The van der Waals surface area contributed by atoms with Crippen molar-refractivity contribution in [2.45, 2.75) is 0 Å². The lowest BCUT2D eigenvalue weighted by molar-refractivity contribution is -0.364. The highest BCUT2D eigenvalue weighted by atomic mass is 32.2. The van der Waals surface area contributed by atoms with Gasteiger partial charge in [-0.05, 0) is 6.07 Å². The molecule has 1 aromatic rings. The first-order chi connectivity index (χ1) is 8.99. The number of anilines is 1. The number of sulfonamides is 1. The zero-order valence-electron chi connectivity index (χ0n) is 10.3. The predicted molar refractivity (Wildman–Crippen MR) is 65.6 cm³/mol. The number of H-pyrrole nitrogens is 1. The lowest BCUT2D eigenvalue weighted by Gasteiger charge is -2.30. The Morgan fingerprint density at radius 1 is 1.26 bits per heavy atom. The maximum Gasteiger partial charge on any atom is 0.274 e. The summed E-state index contributed by atoms with van der Waals surface area (Å²) in [5, 5.41) is 10.4. The minimum Gasteiger partial charge on any atom is -0.549 e. The molecule has 0 unspecified atom stereocenters. The molecule has 1 N–H and O–H groups in total. The number of carbonyl (C=O) groups is 1. The first-order valence-electron chi connectivity index (χ1n) is 5.88. The van der Waals surface area contributed by atoms with Gasteiger partial charge in [-0.15, -0.1) is 0 Å². The minimum atomic E-state index is -3.75. The van der Waals surface area contributed by atoms with Crippen molar-refractivity contribution in [3.8, 4) is 0 Å². The van der Waals surface area contributed by atoms with Crippen molar-refractivity contribution in [3.63, 3.8) is 0 Å². The van der Waals surface area contributed by atoms with E-state index in [9.17, 15) is 18.3 Å². The average molecular weight is 285 g/mol. The van der Waals surface area contributed by atoms with Crippen LogP contribution in [0.3, 0.4) is 0 Å². The molecule has 19 heavy (non-hydrogen) atoms. The average Bonchev–Trinajstić information content (AvgIpc) is 2.38.